The molecule has 15 heavy (non-hydrogen) atoms. The number of nitrogens with zero attached hydrogens (tertiary/aromatic N) is 2. The molecule has 0 aliphatic heterocycles. The maximum atomic E-state index is 5.18. The summed E-state index contributed by atoms with van der Waals surface area (Å²) < 4.78 is 5.18. The van der Waals surface area contributed by atoms with Gasteiger partial charge in [0.05, 0.1) is 23.5 Å². The van der Waals surface area contributed by atoms with E-state index in [4.69, 9.17) is 4.74 Å². The standard InChI is InChI=1S/C10H13N3OS/c1-6-13-9-7(5-14-3)8(11-2)4-12-10(9)15-6/h4,11H,5H2,1-3H3. The molecule has 0 spiro atoms. The van der Waals surface area contributed by atoms with Crippen LogP contribution in [0.4, 0.5) is 5.69 Å². The van der Waals surface area contributed by atoms with Gasteiger partial charge in [-0.05, 0) is 6.92 Å². The van der Waals surface area contributed by atoms with E-state index < -0.39 is 0 Å². The number of anilines is 1. The highest BCUT2D eigenvalue weighted by Gasteiger charge is 2.11. The van der Waals surface area contributed by atoms with Crippen molar-refractivity contribution >= 4 is 27.4 Å². The van der Waals surface area contributed by atoms with Gasteiger partial charge < -0.3 is 10.1 Å². The number of nitrogens with one attached hydrogen (secondary N) is 1. The van der Waals surface area contributed by atoms with Gasteiger partial charge in [-0.25, -0.2) is 9.97 Å². The Bertz CT molecular complexity index is 481. The van der Waals surface area contributed by atoms with Gasteiger partial charge in [-0.1, -0.05) is 11.3 Å². The lowest BCUT2D eigenvalue weighted by Crippen LogP contribution is -1.99. The summed E-state index contributed by atoms with van der Waals surface area (Å²) in [6.45, 7) is 2.54. The van der Waals surface area contributed by atoms with E-state index in [0.29, 0.717) is 6.61 Å². The van der Waals surface area contributed by atoms with Crippen LogP contribution in [-0.2, 0) is 11.3 Å². The fourth-order valence-electron chi connectivity index (χ4n) is 1.53. The van der Waals surface area contributed by atoms with Gasteiger partial charge >= 0.3 is 0 Å². The molecule has 2 aromatic heterocycles. The van der Waals surface area contributed by atoms with E-state index in [2.05, 4.69) is 15.3 Å². The number of hydrogen-bond donors (Lipinski definition) is 1. The predicted molar refractivity (Wildman–Crippen MR) is 62.4 cm³/mol. The molecule has 2 heterocycles. The van der Waals surface area contributed by atoms with Crippen LogP contribution in [0.2, 0.25) is 0 Å². The summed E-state index contributed by atoms with van der Waals surface area (Å²) in [6.07, 6.45) is 1.83. The SMILES string of the molecule is CNc1cnc2sc(C)nc2c1COC. The molecule has 0 amide bonds. The van der Waals surface area contributed by atoms with Crippen molar-refractivity contribution in [2.45, 2.75) is 13.5 Å². The smallest absolute Gasteiger partial charge is 0.143 e. The Morgan fingerprint density at radius 3 is 3.00 bits per heavy atom. The zero-order chi connectivity index (χ0) is 10.8. The number of aryl methyl sites for hydroxylation is 1. The Hall–Kier alpha value is -1.20. The molecule has 80 valence electrons. The largest absolute Gasteiger partial charge is 0.387 e. The number of aromatic nitrogens is 2. The van der Waals surface area contributed by atoms with Crippen LogP contribution < -0.4 is 5.32 Å². The summed E-state index contributed by atoms with van der Waals surface area (Å²) in [7, 11) is 3.56. The van der Waals surface area contributed by atoms with E-state index in [9.17, 15) is 0 Å². The van der Waals surface area contributed by atoms with Crippen LogP contribution in [0.5, 0.6) is 0 Å². The van der Waals surface area contributed by atoms with Crippen LogP contribution in [0.25, 0.3) is 10.3 Å². The van der Waals surface area contributed by atoms with Crippen LogP contribution in [0.15, 0.2) is 6.20 Å². The summed E-state index contributed by atoms with van der Waals surface area (Å²) in [5.41, 5.74) is 3.01. The lowest BCUT2D eigenvalue weighted by atomic mass is 10.2. The van der Waals surface area contributed by atoms with Gasteiger partial charge in [-0.15, -0.1) is 0 Å². The fraction of sp³-hybridized carbons (Fsp3) is 0.400. The Labute approximate surface area is 92.3 Å². The van der Waals surface area contributed by atoms with Crippen molar-refractivity contribution in [1.82, 2.24) is 9.97 Å². The van der Waals surface area contributed by atoms with Gasteiger partial charge in [-0.2, -0.15) is 0 Å². The van der Waals surface area contributed by atoms with Gasteiger partial charge in [0.1, 0.15) is 10.3 Å². The van der Waals surface area contributed by atoms with Crippen molar-refractivity contribution < 1.29 is 4.74 Å². The summed E-state index contributed by atoms with van der Waals surface area (Å²) in [4.78, 5) is 9.80. The lowest BCUT2D eigenvalue weighted by Gasteiger charge is -2.07. The highest BCUT2D eigenvalue weighted by molar-refractivity contribution is 7.18. The van der Waals surface area contributed by atoms with Crippen LogP contribution >= 0.6 is 11.3 Å². The molecule has 0 radical (unpaired) electrons. The van der Waals surface area contributed by atoms with Crippen LogP contribution in [-0.4, -0.2) is 24.1 Å². The monoisotopic (exact) mass is 223 g/mol. The highest BCUT2D eigenvalue weighted by Crippen LogP contribution is 2.27. The number of pyridine rings is 1. The number of fused-ring (bicyclic) bond motifs is 1. The van der Waals surface area contributed by atoms with E-state index in [1.807, 2.05) is 20.2 Å². The number of rotatable bonds is 3. The van der Waals surface area contributed by atoms with E-state index in [1.165, 1.54) is 0 Å². The number of methoxy groups -OCH3 is 1. The van der Waals surface area contributed by atoms with Crippen LogP contribution in [0.3, 0.4) is 0 Å². The molecule has 0 saturated carbocycles. The van der Waals surface area contributed by atoms with Gasteiger partial charge in [-0.3, -0.25) is 0 Å². The molecule has 0 aromatic carbocycles. The Balaban J connectivity index is 2.66. The normalized spacial score (nSPS) is 10.9. The first-order chi connectivity index (χ1) is 7.26. The lowest BCUT2D eigenvalue weighted by molar-refractivity contribution is 0.186. The molecule has 1 N–H and O–H groups in total. The summed E-state index contributed by atoms with van der Waals surface area (Å²) >= 11 is 1.61. The second-order valence-electron chi connectivity index (χ2n) is 3.22. The second kappa shape index (κ2) is 4.12. The third kappa shape index (κ3) is 1.80. The summed E-state index contributed by atoms with van der Waals surface area (Å²) in [5, 5.41) is 4.13. The highest BCUT2D eigenvalue weighted by atomic mass is 32.1. The van der Waals surface area contributed by atoms with Crippen molar-refractivity contribution in [3.63, 3.8) is 0 Å². The minimum Gasteiger partial charge on any atom is -0.387 e. The molecule has 0 aliphatic rings. The molecule has 0 atom stereocenters. The average molecular weight is 223 g/mol. The zero-order valence-electron chi connectivity index (χ0n) is 9.00. The van der Waals surface area contributed by atoms with E-state index in [0.717, 1.165) is 26.6 Å². The van der Waals surface area contributed by atoms with Crippen LogP contribution in [0, 0.1) is 6.92 Å². The zero-order valence-corrected chi connectivity index (χ0v) is 9.81. The number of ether oxygens (including phenoxy) is 1. The Morgan fingerprint density at radius 1 is 1.53 bits per heavy atom. The molecule has 0 unspecified atom stereocenters. The molecule has 4 nitrogen and oxygen atoms in total. The third-order valence-corrected chi connectivity index (χ3v) is 3.07. The molecule has 0 aliphatic carbocycles. The van der Waals surface area contributed by atoms with E-state index >= 15 is 0 Å². The first-order valence-electron chi connectivity index (χ1n) is 4.68. The molecule has 5 heteroatoms. The Kier molecular flexibility index (Phi) is 2.83. The molecular weight excluding hydrogens is 210 g/mol. The maximum Gasteiger partial charge on any atom is 0.143 e. The van der Waals surface area contributed by atoms with Crippen molar-refractivity contribution in [3.8, 4) is 0 Å². The first-order valence-corrected chi connectivity index (χ1v) is 5.49. The van der Waals surface area contributed by atoms with Crippen molar-refractivity contribution in [2.75, 3.05) is 19.5 Å². The number of hydrogen-bond acceptors (Lipinski definition) is 5. The quantitative estimate of drug-likeness (QED) is 0.866. The van der Waals surface area contributed by atoms with Gasteiger partial charge in [0.25, 0.3) is 0 Å². The van der Waals surface area contributed by atoms with Gasteiger partial charge in [0.2, 0.25) is 0 Å². The van der Waals surface area contributed by atoms with Gasteiger partial charge in [0, 0.05) is 19.7 Å². The summed E-state index contributed by atoms with van der Waals surface area (Å²) in [5.74, 6) is 0. The van der Waals surface area contributed by atoms with Crippen LogP contribution in [0.1, 0.15) is 10.6 Å². The molecular formula is C10H13N3OS. The minimum absolute atomic E-state index is 0.554. The molecule has 0 bridgehead atoms. The minimum atomic E-state index is 0.554. The Morgan fingerprint density at radius 2 is 2.33 bits per heavy atom. The van der Waals surface area contributed by atoms with Crippen molar-refractivity contribution in [1.29, 1.82) is 0 Å². The van der Waals surface area contributed by atoms with Gasteiger partial charge in [0.15, 0.2) is 0 Å². The first kappa shape index (κ1) is 10.3. The maximum absolute atomic E-state index is 5.18. The average Bonchev–Trinajstić information content (AvgIpc) is 2.60. The summed E-state index contributed by atoms with van der Waals surface area (Å²) in [6, 6.07) is 0. The van der Waals surface area contributed by atoms with E-state index in [-0.39, 0.29) is 0 Å². The molecule has 2 aromatic rings. The fourth-order valence-corrected chi connectivity index (χ4v) is 2.32. The third-order valence-electron chi connectivity index (χ3n) is 2.20. The molecule has 2 rings (SSSR count). The topological polar surface area (TPSA) is 47.0 Å². The molecule has 0 saturated heterocycles. The van der Waals surface area contributed by atoms with Crippen molar-refractivity contribution in [3.05, 3.63) is 16.8 Å². The molecule has 0 fully saturated rings. The second-order valence-corrected chi connectivity index (χ2v) is 4.40. The van der Waals surface area contributed by atoms with E-state index in [1.54, 1.807) is 18.4 Å². The van der Waals surface area contributed by atoms with Crippen molar-refractivity contribution in [2.24, 2.45) is 0 Å². The predicted octanol–water partition coefficient (Wildman–Crippen LogP) is 2.19. The number of thiazole rings is 1.